The van der Waals surface area contributed by atoms with E-state index in [9.17, 15) is 12.8 Å². The molecule has 0 saturated carbocycles. The minimum atomic E-state index is -3.79. The molecule has 0 aliphatic rings. The standard InChI is InChI=1S/C11H11FN4O2S/c12-8-1-4-11(15-6-8)16-19(17,18)10-3-2-9(5-13)14-7-10/h1-4,6-7H,5,13H2,(H,15,16). The molecular weight excluding hydrogens is 271 g/mol. The largest absolute Gasteiger partial charge is 0.325 e. The fourth-order valence-electron chi connectivity index (χ4n) is 1.32. The molecular formula is C11H11FN4O2S. The number of nitrogens with one attached hydrogen (secondary N) is 1. The van der Waals surface area contributed by atoms with Crippen LogP contribution in [0.2, 0.25) is 0 Å². The van der Waals surface area contributed by atoms with Crippen LogP contribution in [0.4, 0.5) is 10.2 Å². The van der Waals surface area contributed by atoms with Gasteiger partial charge in [-0.2, -0.15) is 0 Å². The number of hydrogen-bond donors (Lipinski definition) is 2. The third-order valence-electron chi connectivity index (χ3n) is 2.28. The summed E-state index contributed by atoms with van der Waals surface area (Å²) in [6.07, 6.45) is 2.13. The molecule has 2 aromatic rings. The highest BCUT2D eigenvalue weighted by Gasteiger charge is 2.15. The van der Waals surface area contributed by atoms with Gasteiger partial charge in [-0.3, -0.25) is 9.71 Å². The van der Waals surface area contributed by atoms with E-state index in [1.165, 1.54) is 24.4 Å². The van der Waals surface area contributed by atoms with Gasteiger partial charge in [-0.15, -0.1) is 0 Å². The van der Waals surface area contributed by atoms with E-state index in [1.807, 2.05) is 0 Å². The molecule has 0 spiro atoms. The van der Waals surface area contributed by atoms with Crippen molar-refractivity contribution in [1.82, 2.24) is 9.97 Å². The first-order valence-corrected chi connectivity index (χ1v) is 6.79. The Hall–Kier alpha value is -2.06. The highest BCUT2D eigenvalue weighted by molar-refractivity contribution is 7.92. The molecule has 8 heteroatoms. The van der Waals surface area contributed by atoms with Crippen LogP contribution in [0.15, 0.2) is 41.6 Å². The third-order valence-corrected chi connectivity index (χ3v) is 3.62. The predicted molar refractivity (Wildman–Crippen MR) is 67.1 cm³/mol. The molecule has 0 aliphatic carbocycles. The average molecular weight is 282 g/mol. The lowest BCUT2D eigenvalue weighted by molar-refractivity contribution is 0.600. The number of halogens is 1. The van der Waals surface area contributed by atoms with Crippen LogP contribution in [0.3, 0.4) is 0 Å². The first kappa shape index (κ1) is 13.4. The van der Waals surface area contributed by atoms with Crippen LogP contribution in [-0.2, 0) is 16.6 Å². The topological polar surface area (TPSA) is 98.0 Å². The van der Waals surface area contributed by atoms with Gasteiger partial charge in [0.1, 0.15) is 16.5 Å². The van der Waals surface area contributed by atoms with Gasteiger partial charge < -0.3 is 5.73 Å². The Morgan fingerprint density at radius 2 is 1.95 bits per heavy atom. The number of aromatic nitrogens is 2. The number of sulfonamides is 1. The van der Waals surface area contributed by atoms with Gasteiger partial charge in [0.15, 0.2) is 0 Å². The lowest BCUT2D eigenvalue weighted by Gasteiger charge is -2.07. The normalized spacial score (nSPS) is 11.3. The maximum Gasteiger partial charge on any atom is 0.264 e. The van der Waals surface area contributed by atoms with Gasteiger partial charge >= 0.3 is 0 Å². The summed E-state index contributed by atoms with van der Waals surface area (Å²) < 4.78 is 38.8. The monoisotopic (exact) mass is 282 g/mol. The first-order chi connectivity index (χ1) is 9.01. The van der Waals surface area contributed by atoms with E-state index in [2.05, 4.69) is 14.7 Å². The zero-order valence-electron chi connectivity index (χ0n) is 9.75. The van der Waals surface area contributed by atoms with Crippen LogP contribution in [0.25, 0.3) is 0 Å². The SMILES string of the molecule is NCc1ccc(S(=O)(=O)Nc2ccc(F)cn2)cn1. The third kappa shape index (κ3) is 3.24. The Morgan fingerprint density at radius 1 is 1.16 bits per heavy atom. The summed E-state index contributed by atoms with van der Waals surface area (Å²) >= 11 is 0. The van der Waals surface area contributed by atoms with Crippen molar-refractivity contribution in [2.75, 3.05) is 4.72 Å². The molecule has 0 fully saturated rings. The van der Waals surface area contributed by atoms with Crippen LogP contribution < -0.4 is 10.5 Å². The van der Waals surface area contributed by atoms with E-state index in [1.54, 1.807) is 0 Å². The van der Waals surface area contributed by atoms with Crippen LogP contribution in [0.5, 0.6) is 0 Å². The van der Waals surface area contributed by atoms with Crippen LogP contribution in [-0.4, -0.2) is 18.4 Å². The predicted octanol–water partition coefficient (Wildman–Crippen LogP) is 0.875. The summed E-state index contributed by atoms with van der Waals surface area (Å²) in [5.41, 5.74) is 5.96. The lowest BCUT2D eigenvalue weighted by atomic mass is 10.4. The molecule has 0 aliphatic heterocycles. The summed E-state index contributed by atoms with van der Waals surface area (Å²) in [6.45, 7) is 0.229. The quantitative estimate of drug-likeness (QED) is 0.867. The van der Waals surface area contributed by atoms with Gasteiger partial charge in [0.2, 0.25) is 0 Å². The number of nitrogens with zero attached hydrogens (tertiary/aromatic N) is 2. The van der Waals surface area contributed by atoms with Crippen molar-refractivity contribution in [3.8, 4) is 0 Å². The van der Waals surface area contributed by atoms with Crippen molar-refractivity contribution in [2.45, 2.75) is 11.4 Å². The molecule has 0 amide bonds. The first-order valence-electron chi connectivity index (χ1n) is 5.30. The van der Waals surface area contributed by atoms with Crippen molar-refractivity contribution in [3.63, 3.8) is 0 Å². The van der Waals surface area contributed by atoms with Crippen molar-refractivity contribution in [1.29, 1.82) is 0 Å². The van der Waals surface area contributed by atoms with Gasteiger partial charge in [-0.1, -0.05) is 0 Å². The van der Waals surface area contributed by atoms with E-state index in [4.69, 9.17) is 5.73 Å². The molecule has 19 heavy (non-hydrogen) atoms. The van der Waals surface area contributed by atoms with Crippen molar-refractivity contribution >= 4 is 15.8 Å². The van der Waals surface area contributed by atoms with Gasteiger partial charge in [0.25, 0.3) is 10.0 Å². The van der Waals surface area contributed by atoms with Crippen molar-refractivity contribution < 1.29 is 12.8 Å². The number of hydrogen-bond acceptors (Lipinski definition) is 5. The summed E-state index contributed by atoms with van der Waals surface area (Å²) in [6, 6.07) is 5.25. The van der Waals surface area contributed by atoms with E-state index in [0.29, 0.717) is 5.69 Å². The average Bonchev–Trinajstić information content (AvgIpc) is 2.41. The summed E-state index contributed by atoms with van der Waals surface area (Å²) in [5, 5.41) is 0. The molecule has 2 rings (SSSR count). The lowest BCUT2D eigenvalue weighted by Crippen LogP contribution is -2.14. The number of anilines is 1. The second kappa shape index (κ2) is 5.29. The van der Waals surface area contributed by atoms with E-state index >= 15 is 0 Å². The number of pyridine rings is 2. The smallest absolute Gasteiger partial charge is 0.264 e. The van der Waals surface area contributed by atoms with E-state index in [-0.39, 0.29) is 17.3 Å². The Kier molecular flexibility index (Phi) is 3.72. The fourth-order valence-corrected chi connectivity index (χ4v) is 2.28. The van der Waals surface area contributed by atoms with E-state index < -0.39 is 15.8 Å². The molecule has 2 heterocycles. The Labute approximate surface area is 109 Å². The van der Waals surface area contributed by atoms with Crippen LogP contribution in [0.1, 0.15) is 5.69 Å². The molecule has 0 atom stereocenters. The van der Waals surface area contributed by atoms with Gasteiger partial charge in [0.05, 0.1) is 11.9 Å². The van der Waals surface area contributed by atoms with Crippen molar-refractivity contribution in [2.24, 2.45) is 5.73 Å². The molecule has 100 valence electrons. The highest BCUT2D eigenvalue weighted by Crippen LogP contribution is 2.13. The highest BCUT2D eigenvalue weighted by atomic mass is 32.2. The Balaban J connectivity index is 2.24. The van der Waals surface area contributed by atoms with Gasteiger partial charge in [-0.05, 0) is 24.3 Å². The number of nitrogens with two attached hydrogens (primary N) is 1. The van der Waals surface area contributed by atoms with Gasteiger partial charge in [-0.25, -0.2) is 17.8 Å². The summed E-state index contributed by atoms with van der Waals surface area (Å²) in [5.74, 6) is -0.513. The van der Waals surface area contributed by atoms with Gasteiger partial charge in [0, 0.05) is 12.7 Å². The fraction of sp³-hybridized carbons (Fsp3) is 0.0909. The summed E-state index contributed by atoms with van der Waals surface area (Å²) in [7, 11) is -3.79. The molecule has 2 aromatic heterocycles. The van der Waals surface area contributed by atoms with Crippen molar-refractivity contribution in [3.05, 3.63) is 48.2 Å². The maximum atomic E-state index is 12.7. The van der Waals surface area contributed by atoms with E-state index in [0.717, 1.165) is 12.3 Å². The van der Waals surface area contributed by atoms with Crippen LogP contribution in [0, 0.1) is 5.82 Å². The van der Waals surface area contributed by atoms with Crippen LogP contribution >= 0.6 is 0 Å². The number of rotatable bonds is 4. The maximum absolute atomic E-state index is 12.7. The molecule has 6 nitrogen and oxygen atoms in total. The molecule has 0 radical (unpaired) electrons. The summed E-state index contributed by atoms with van der Waals surface area (Å²) in [4.78, 5) is 7.49. The Bertz CT molecular complexity index is 656. The molecule has 0 bridgehead atoms. The zero-order valence-corrected chi connectivity index (χ0v) is 10.6. The zero-order chi connectivity index (χ0) is 13.9. The molecule has 0 unspecified atom stereocenters. The minimum Gasteiger partial charge on any atom is -0.325 e. The second-order valence-electron chi connectivity index (χ2n) is 3.66. The molecule has 0 saturated heterocycles. The minimum absolute atomic E-state index is 0.0178. The molecule has 3 N–H and O–H groups in total. The Morgan fingerprint density at radius 3 is 2.47 bits per heavy atom. The molecule has 0 aromatic carbocycles. The second-order valence-corrected chi connectivity index (χ2v) is 5.34.